The number of aromatic hydroxyl groups is 1. The Morgan fingerprint density at radius 2 is 1.13 bits per heavy atom. The summed E-state index contributed by atoms with van der Waals surface area (Å²) in [4.78, 5) is 0. The average Bonchev–Trinajstić information content (AvgIpc) is 2.25. The van der Waals surface area contributed by atoms with Gasteiger partial charge in [0.1, 0.15) is 5.75 Å². The van der Waals surface area contributed by atoms with Crippen molar-refractivity contribution in [1.82, 2.24) is 0 Å². The van der Waals surface area contributed by atoms with Crippen molar-refractivity contribution in [3.8, 4) is 5.75 Å². The van der Waals surface area contributed by atoms with Crippen molar-refractivity contribution < 1.29 is 5.11 Å². The fourth-order valence-electron chi connectivity index (χ4n) is 1.08. The molecule has 0 fully saturated rings. The molecule has 78 valence electrons. The lowest BCUT2D eigenvalue weighted by Crippen LogP contribution is -1.66. The van der Waals surface area contributed by atoms with E-state index in [1.54, 1.807) is 12.1 Å². The predicted octanol–water partition coefficient (Wildman–Crippen LogP) is 3.70. The Kier molecular flexibility index (Phi) is 4.42. The molecule has 0 spiro atoms. The second-order valence-electron chi connectivity index (χ2n) is 3.49. The Hall–Kier alpha value is -1.76. The first-order chi connectivity index (χ1) is 7.18. The lowest BCUT2D eigenvalue weighted by molar-refractivity contribution is 0.475. The molecule has 0 aliphatic carbocycles. The summed E-state index contributed by atoms with van der Waals surface area (Å²) in [6.45, 7) is 4.07. The van der Waals surface area contributed by atoms with Crippen LogP contribution in [0.1, 0.15) is 11.1 Å². The minimum absolute atomic E-state index is 0.329. The van der Waals surface area contributed by atoms with Gasteiger partial charge in [0.2, 0.25) is 0 Å². The number of hydrogen-bond acceptors (Lipinski definition) is 1. The lowest BCUT2D eigenvalue weighted by Gasteiger charge is -1.89. The van der Waals surface area contributed by atoms with Gasteiger partial charge in [-0.2, -0.15) is 0 Å². The Morgan fingerprint density at radius 3 is 1.47 bits per heavy atom. The van der Waals surface area contributed by atoms with Crippen LogP contribution in [0.4, 0.5) is 0 Å². The summed E-state index contributed by atoms with van der Waals surface area (Å²) in [7, 11) is 0. The van der Waals surface area contributed by atoms with Crippen molar-refractivity contribution in [3.63, 3.8) is 0 Å². The number of benzene rings is 2. The van der Waals surface area contributed by atoms with Gasteiger partial charge in [0.25, 0.3) is 0 Å². The third-order valence-corrected chi connectivity index (χ3v) is 1.97. The van der Waals surface area contributed by atoms with Gasteiger partial charge >= 0.3 is 0 Å². The molecule has 0 atom stereocenters. The maximum absolute atomic E-state index is 8.76. The fourth-order valence-corrected chi connectivity index (χ4v) is 1.08. The summed E-state index contributed by atoms with van der Waals surface area (Å²) in [6.07, 6.45) is 0. The van der Waals surface area contributed by atoms with E-state index in [0.717, 1.165) is 0 Å². The zero-order chi connectivity index (χ0) is 11.1. The highest BCUT2D eigenvalue weighted by atomic mass is 16.3. The molecule has 15 heavy (non-hydrogen) atoms. The first-order valence-electron chi connectivity index (χ1n) is 4.96. The zero-order valence-corrected chi connectivity index (χ0v) is 9.14. The number of aryl methyl sites for hydroxylation is 2. The van der Waals surface area contributed by atoms with Gasteiger partial charge in [0.05, 0.1) is 0 Å². The van der Waals surface area contributed by atoms with Crippen LogP contribution in [-0.2, 0) is 0 Å². The summed E-state index contributed by atoms with van der Waals surface area (Å²) in [5.74, 6) is 0.329. The summed E-state index contributed by atoms with van der Waals surface area (Å²) in [5, 5.41) is 8.76. The molecule has 0 aliphatic heterocycles. The Morgan fingerprint density at radius 1 is 0.667 bits per heavy atom. The van der Waals surface area contributed by atoms with E-state index in [4.69, 9.17) is 5.11 Å². The second kappa shape index (κ2) is 5.86. The maximum Gasteiger partial charge on any atom is 0.115 e. The van der Waals surface area contributed by atoms with E-state index in [-0.39, 0.29) is 0 Å². The molecule has 2 aromatic carbocycles. The SMILES string of the molecule is Cc1ccc(O)cc1.Cc1ccccc1. The summed E-state index contributed by atoms with van der Waals surface area (Å²) < 4.78 is 0. The minimum Gasteiger partial charge on any atom is -0.508 e. The van der Waals surface area contributed by atoms with Crippen LogP contribution < -0.4 is 0 Å². The third-order valence-electron chi connectivity index (χ3n) is 1.97. The molecular formula is C14H16O. The first-order valence-corrected chi connectivity index (χ1v) is 4.96. The molecule has 0 radical (unpaired) electrons. The van der Waals surface area contributed by atoms with Gasteiger partial charge in [-0.3, -0.25) is 0 Å². The molecular weight excluding hydrogens is 184 g/mol. The van der Waals surface area contributed by atoms with Gasteiger partial charge in [0.15, 0.2) is 0 Å². The largest absolute Gasteiger partial charge is 0.508 e. The highest BCUT2D eigenvalue weighted by molar-refractivity contribution is 5.24. The van der Waals surface area contributed by atoms with E-state index in [2.05, 4.69) is 19.1 Å². The van der Waals surface area contributed by atoms with Crippen LogP contribution in [0.5, 0.6) is 5.75 Å². The van der Waals surface area contributed by atoms with Gasteiger partial charge in [0, 0.05) is 0 Å². The van der Waals surface area contributed by atoms with E-state index >= 15 is 0 Å². The molecule has 0 saturated heterocycles. The minimum atomic E-state index is 0.329. The normalized spacial score (nSPS) is 8.93. The van der Waals surface area contributed by atoms with E-state index in [0.29, 0.717) is 5.75 Å². The van der Waals surface area contributed by atoms with Crippen molar-refractivity contribution in [2.45, 2.75) is 13.8 Å². The topological polar surface area (TPSA) is 20.2 Å². The van der Waals surface area contributed by atoms with E-state index in [9.17, 15) is 0 Å². The first kappa shape index (κ1) is 11.3. The number of phenols is 1. The molecule has 1 heteroatoms. The Bertz CT molecular complexity index is 355. The molecule has 0 unspecified atom stereocenters. The summed E-state index contributed by atoms with van der Waals surface area (Å²) in [5.41, 5.74) is 2.49. The van der Waals surface area contributed by atoms with Crippen molar-refractivity contribution in [1.29, 1.82) is 0 Å². The van der Waals surface area contributed by atoms with E-state index < -0.39 is 0 Å². The van der Waals surface area contributed by atoms with Crippen LogP contribution in [0.25, 0.3) is 0 Å². The number of rotatable bonds is 0. The summed E-state index contributed by atoms with van der Waals surface area (Å²) in [6, 6.07) is 17.4. The van der Waals surface area contributed by atoms with Crippen molar-refractivity contribution in [2.24, 2.45) is 0 Å². The van der Waals surface area contributed by atoms with Crippen LogP contribution in [0, 0.1) is 13.8 Å². The van der Waals surface area contributed by atoms with Crippen molar-refractivity contribution in [2.75, 3.05) is 0 Å². The average molecular weight is 200 g/mol. The number of phenolic OH excluding ortho intramolecular Hbond substituents is 1. The van der Waals surface area contributed by atoms with E-state index in [1.165, 1.54) is 11.1 Å². The molecule has 0 amide bonds. The van der Waals surface area contributed by atoms with Gasteiger partial charge in [-0.1, -0.05) is 53.6 Å². The van der Waals surface area contributed by atoms with Gasteiger partial charge in [-0.15, -0.1) is 0 Å². The predicted molar refractivity (Wildman–Crippen MR) is 64.0 cm³/mol. The van der Waals surface area contributed by atoms with Gasteiger partial charge < -0.3 is 5.11 Å². The molecule has 2 rings (SSSR count). The van der Waals surface area contributed by atoms with Gasteiger partial charge in [-0.25, -0.2) is 0 Å². The van der Waals surface area contributed by atoms with Gasteiger partial charge in [-0.05, 0) is 26.0 Å². The molecule has 1 N–H and O–H groups in total. The van der Waals surface area contributed by atoms with Crippen LogP contribution in [0.3, 0.4) is 0 Å². The molecule has 0 saturated carbocycles. The molecule has 1 nitrogen and oxygen atoms in total. The molecule has 2 aromatic rings. The molecule has 0 heterocycles. The zero-order valence-electron chi connectivity index (χ0n) is 9.14. The van der Waals surface area contributed by atoms with Crippen LogP contribution in [0.2, 0.25) is 0 Å². The van der Waals surface area contributed by atoms with Crippen LogP contribution in [-0.4, -0.2) is 5.11 Å². The highest BCUT2D eigenvalue weighted by Crippen LogP contribution is 2.07. The van der Waals surface area contributed by atoms with Crippen molar-refractivity contribution in [3.05, 3.63) is 65.7 Å². The third kappa shape index (κ3) is 4.87. The van der Waals surface area contributed by atoms with Crippen LogP contribution in [0.15, 0.2) is 54.6 Å². The van der Waals surface area contributed by atoms with E-state index in [1.807, 2.05) is 37.3 Å². The smallest absolute Gasteiger partial charge is 0.115 e. The number of hydrogen-bond donors (Lipinski definition) is 1. The maximum atomic E-state index is 8.76. The molecule has 0 aliphatic rings. The lowest BCUT2D eigenvalue weighted by atomic mass is 10.2. The monoisotopic (exact) mass is 200 g/mol. The second-order valence-corrected chi connectivity index (χ2v) is 3.49. The Balaban J connectivity index is 0.000000151. The molecule has 0 aromatic heterocycles. The highest BCUT2D eigenvalue weighted by Gasteiger charge is 1.82. The quantitative estimate of drug-likeness (QED) is 0.687. The van der Waals surface area contributed by atoms with Crippen LogP contribution >= 0.6 is 0 Å². The Labute approximate surface area is 91.0 Å². The van der Waals surface area contributed by atoms with Crippen molar-refractivity contribution >= 4 is 0 Å². The fraction of sp³-hybridized carbons (Fsp3) is 0.143. The standard InChI is InChI=1S/C7H8O.C7H8/c1-6-2-4-7(8)5-3-6;1-7-5-3-2-4-6-7/h2-5,8H,1H3;2-6H,1H3. The summed E-state index contributed by atoms with van der Waals surface area (Å²) >= 11 is 0. The molecule has 0 bridgehead atoms.